The molecule has 0 aromatic heterocycles. The normalized spacial score (nSPS) is 12.5. The molecule has 0 unspecified atom stereocenters. The van der Waals surface area contributed by atoms with Gasteiger partial charge in [0.15, 0.2) is 0 Å². The highest BCUT2D eigenvalue weighted by Gasteiger charge is 2.49. The fraction of sp³-hybridized carbons (Fsp3) is 0. The molecular weight excluding hydrogens is 1420 g/mol. The Morgan fingerprint density at radius 3 is 0.957 bits per heavy atom. The van der Waals surface area contributed by atoms with Gasteiger partial charge in [0.1, 0.15) is 0 Å². The first kappa shape index (κ1) is 68.3. The molecule has 8 heteroatoms. The molecule has 0 N–H and O–H groups in total. The van der Waals surface area contributed by atoms with E-state index in [9.17, 15) is 0 Å². The van der Waals surface area contributed by atoms with Crippen LogP contribution < -0.4 is 57.3 Å². The van der Waals surface area contributed by atoms with Crippen LogP contribution in [0.4, 0.5) is 85.3 Å². The van der Waals surface area contributed by atoms with Crippen LogP contribution in [0, 0.1) is 0 Å². The average Bonchev–Trinajstić information content (AvgIpc) is 0.681. The molecule has 0 radical (unpaired) electrons. The molecule has 116 heavy (non-hydrogen) atoms. The maximum atomic E-state index is 2.72. The molecule has 0 saturated carbocycles. The highest BCUT2D eigenvalue weighted by atomic mass is 32.2. The number of para-hydroxylation sites is 8. The van der Waals surface area contributed by atoms with Crippen molar-refractivity contribution in [2.75, 3.05) is 24.5 Å². The van der Waals surface area contributed by atoms with Gasteiger partial charge in [-0.2, -0.15) is 0 Å². The van der Waals surface area contributed by atoms with Gasteiger partial charge in [0, 0.05) is 106 Å². The molecule has 0 amide bonds. The highest BCUT2D eigenvalue weighted by Crippen LogP contribution is 2.57. The van der Waals surface area contributed by atoms with Crippen molar-refractivity contribution in [1.29, 1.82) is 0 Å². The third-order valence-corrected chi connectivity index (χ3v) is 24.8. The van der Waals surface area contributed by atoms with Crippen molar-refractivity contribution in [1.82, 2.24) is 0 Å². The van der Waals surface area contributed by atoms with Crippen molar-refractivity contribution >= 4 is 143 Å². The number of nitrogens with zero attached hydrogens (tertiary/aromatic N) is 5. The summed E-state index contributed by atoms with van der Waals surface area (Å²) in [5, 5.41) is 0. The summed E-state index contributed by atoms with van der Waals surface area (Å²) in [5.74, 6) is 0. The Morgan fingerprint density at radius 1 is 0.198 bits per heavy atom. The number of rotatable bonds is 15. The van der Waals surface area contributed by atoms with E-state index in [1.807, 2.05) is 11.8 Å². The Morgan fingerprint density at radius 2 is 0.517 bits per heavy atom. The van der Waals surface area contributed by atoms with E-state index in [1.54, 1.807) is 0 Å². The van der Waals surface area contributed by atoms with Crippen LogP contribution in [0.15, 0.2) is 453 Å². The molecule has 5 nitrogen and oxygen atoms in total. The smallest absolute Gasteiger partial charge is 0.252 e. The van der Waals surface area contributed by atoms with E-state index in [4.69, 9.17) is 0 Å². The SMILES string of the molecule is c1ccc(-c2cccc(-c3ccccc3)c2N(c2ccccc2)c2cc3c4c(c2)N(c2ccccc2)c2cc5c(cc2B4c2ccccc2S3)B2c3ccccc3N(c3ccccc3)c3cc(N(c4ccccc4)c4c(-c6ccccc6)cccc4-c4ccccc4)cc(c32)N5c2c(-c3ccccc3)cccc2-c2ccccc2)cc1. The zero-order valence-corrected chi connectivity index (χ0v) is 64.3. The predicted octanol–water partition coefficient (Wildman–Crippen LogP) is 25.5. The first-order valence-electron chi connectivity index (χ1n) is 40.0. The second-order valence-electron chi connectivity index (χ2n) is 30.1. The lowest BCUT2D eigenvalue weighted by atomic mass is 9.30. The van der Waals surface area contributed by atoms with Gasteiger partial charge in [0.2, 0.25) is 6.71 Å². The van der Waals surface area contributed by atoms with Gasteiger partial charge in [-0.1, -0.05) is 369 Å². The van der Waals surface area contributed by atoms with Crippen LogP contribution in [0.2, 0.25) is 0 Å². The summed E-state index contributed by atoms with van der Waals surface area (Å²) in [5.41, 5.74) is 37.0. The first-order valence-corrected chi connectivity index (χ1v) is 40.8. The lowest BCUT2D eigenvalue weighted by molar-refractivity contribution is 1.21. The van der Waals surface area contributed by atoms with Crippen molar-refractivity contribution in [3.8, 4) is 66.8 Å². The zero-order valence-electron chi connectivity index (χ0n) is 63.4. The van der Waals surface area contributed by atoms with Gasteiger partial charge >= 0.3 is 0 Å². The van der Waals surface area contributed by atoms with Crippen LogP contribution >= 0.6 is 11.8 Å². The van der Waals surface area contributed by atoms with Crippen molar-refractivity contribution < 1.29 is 0 Å². The molecule has 0 aliphatic carbocycles. The lowest BCUT2D eigenvalue weighted by Crippen LogP contribution is -2.64. The standard InChI is InChI=1S/C108H73B2N5S/c1-11-38-74(39-12-1)86-58-35-59-87(75-40-13-2-14-41-75)106(86)111(80-50-23-7-24-51-80)84-68-99-104-100(69-84)115(108-90(78-46-19-5-20-47-78)62-37-63-91(108)79-48-21-6-22-49-79)98-73-97-94(72-95(98)109(104)92-64-31-33-66-96(92)113(99)82-54-27-9-28-55-82)110-93-65-32-34-67-102(93)116-103-71-85(70-101(105(103)110)114(97)83-56-29-10-30-57-83)112(81-52-25-8-26-53-81)107-88(76-42-15-3-16-43-76)60-36-61-89(107)77-44-17-4-18-45-77/h1-73H. The van der Waals surface area contributed by atoms with Crippen molar-refractivity contribution in [3.05, 3.63) is 443 Å². The molecule has 0 spiro atoms. The van der Waals surface area contributed by atoms with Crippen LogP contribution in [0.5, 0.6) is 0 Å². The van der Waals surface area contributed by atoms with Gasteiger partial charge in [-0.05, 0) is 152 Å². The topological polar surface area (TPSA) is 16.2 Å². The molecule has 4 aliphatic heterocycles. The Hall–Kier alpha value is -14.6. The molecule has 0 bridgehead atoms. The van der Waals surface area contributed by atoms with Gasteiger partial charge in [-0.25, -0.2) is 0 Å². The monoisotopic (exact) mass is 1490 g/mol. The molecular formula is C108H73B2N5S. The molecule has 0 atom stereocenters. The fourth-order valence-corrected chi connectivity index (χ4v) is 19.9. The van der Waals surface area contributed by atoms with Crippen LogP contribution in [0.3, 0.4) is 0 Å². The number of benzene rings is 18. The van der Waals surface area contributed by atoms with E-state index in [0.29, 0.717) is 0 Å². The van der Waals surface area contributed by atoms with Crippen LogP contribution in [-0.4, -0.2) is 13.4 Å². The fourth-order valence-electron chi connectivity index (χ4n) is 18.7. The van der Waals surface area contributed by atoms with E-state index in [0.717, 1.165) is 152 Å². The summed E-state index contributed by atoms with van der Waals surface area (Å²) < 4.78 is 0. The quantitative estimate of drug-likeness (QED) is 0.0944. The zero-order chi connectivity index (χ0) is 76.6. The summed E-state index contributed by atoms with van der Waals surface area (Å²) in [6.07, 6.45) is 0. The van der Waals surface area contributed by atoms with Crippen molar-refractivity contribution in [3.63, 3.8) is 0 Å². The van der Waals surface area contributed by atoms with E-state index >= 15 is 0 Å². The number of hydrogen-bond donors (Lipinski definition) is 0. The molecule has 0 fully saturated rings. The maximum Gasteiger partial charge on any atom is 0.252 e. The molecule has 0 saturated heterocycles. The molecule has 542 valence electrons. The first-order chi connectivity index (χ1) is 57.6. The minimum atomic E-state index is -0.281. The third-order valence-electron chi connectivity index (χ3n) is 23.6. The summed E-state index contributed by atoms with van der Waals surface area (Å²) in [6.45, 7) is -0.471. The van der Waals surface area contributed by atoms with Gasteiger partial charge < -0.3 is 24.5 Å². The maximum absolute atomic E-state index is 2.72. The second kappa shape index (κ2) is 28.9. The Labute approximate surface area is 682 Å². The molecule has 22 rings (SSSR count). The second-order valence-corrected chi connectivity index (χ2v) is 31.2. The van der Waals surface area contributed by atoms with Gasteiger partial charge in [0.05, 0.1) is 22.7 Å². The Bertz CT molecular complexity index is 6580. The summed E-state index contributed by atoms with van der Waals surface area (Å²) in [6, 6.07) is 165. The van der Waals surface area contributed by atoms with Gasteiger partial charge in [-0.3, -0.25) is 0 Å². The minimum Gasteiger partial charge on any atom is -0.311 e. The molecule has 18 aromatic rings. The van der Waals surface area contributed by atoms with Crippen LogP contribution in [-0.2, 0) is 0 Å². The largest absolute Gasteiger partial charge is 0.311 e. The van der Waals surface area contributed by atoms with E-state index < -0.39 is 0 Å². The van der Waals surface area contributed by atoms with E-state index in [2.05, 4.69) is 467 Å². The van der Waals surface area contributed by atoms with Gasteiger partial charge in [0.25, 0.3) is 6.71 Å². The Balaban J connectivity index is 0.886. The summed E-state index contributed by atoms with van der Waals surface area (Å²) in [4.78, 5) is 15.5. The average molecular weight is 1490 g/mol. The lowest BCUT2D eigenvalue weighted by Gasteiger charge is -2.47. The number of anilines is 15. The number of hydrogen-bond acceptors (Lipinski definition) is 6. The van der Waals surface area contributed by atoms with E-state index in [1.165, 1.54) is 42.6 Å². The number of fused-ring (bicyclic) bond motifs is 8. The minimum absolute atomic E-state index is 0.191. The molecule has 4 heterocycles. The van der Waals surface area contributed by atoms with Crippen molar-refractivity contribution in [2.45, 2.75) is 9.79 Å². The Kier molecular flexibility index (Phi) is 17.0. The van der Waals surface area contributed by atoms with E-state index in [-0.39, 0.29) is 13.4 Å². The molecule has 4 aliphatic rings. The van der Waals surface area contributed by atoms with Crippen molar-refractivity contribution in [2.24, 2.45) is 0 Å². The van der Waals surface area contributed by atoms with Crippen LogP contribution in [0.25, 0.3) is 66.8 Å². The predicted molar refractivity (Wildman–Crippen MR) is 492 cm³/mol. The summed E-state index contributed by atoms with van der Waals surface area (Å²) in [7, 11) is 0. The molecule has 18 aromatic carbocycles. The van der Waals surface area contributed by atoms with Crippen LogP contribution in [0.1, 0.15) is 0 Å². The highest BCUT2D eigenvalue weighted by molar-refractivity contribution is 8.00. The summed E-state index contributed by atoms with van der Waals surface area (Å²) >= 11 is 1.89. The van der Waals surface area contributed by atoms with Gasteiger partial charge in [-0.15, -0.1) is 0 Å². The third kappa shape index (κ3) is 11.5.